The summed E-state index contributed by atoms with van der Waals surface area (Å²) >= 11 is 0. The second kappa shape index (κ2) is 6.83. The Morgan fingerprint density at radius 2 is 2.14 bits per heavy atom. The van der Waals surface area contributed by atoms with Crippen LogP contribution in [0.2, 0.25) is 0 Å². The van der Waals surface area contributed by atoms with E-state index in [0.29, 0.717) is 10.6 Å². The third-order valence-electron chi connectivity index (χ3n) is 1.48. The maximum atomic E-state index is 11.2. The van der Waals surface area contributed by atoms with Crippen molar-refractivity contribution in [2.45, 2.75) is 20.8 Å². The average molecular weight is 192 g/mol. The van der Waals surface area contributed by atoms with Crippen LogP contribution in [0.15, 0.2) is 23.8 Å². The average Bonchev–Trinajstić information content (AvgIpc) is 2.22. The molecular weight excluding hydrogens is 176 g/mol. The molecule has 1 rings (SSSR count). The molecule has 0 spiro atoms. The number of aromatic nitrogens is 2. The number of H-pyrrole nitrogens is 1. The molecule has 1 N–H and O–H groups in total. The van der Waals surface area contributed by atoms with E-state index in [2.05, 4.69) is 16.5 Å². The molecule has 0 fully saturated rings. The molecule has 14 heavy (non-hydrogen) atoms. The van der Waals surface area contributed by atoms with Gasteiger partial charge in [0.15, 0.2) is 0 Å². The van der Waals surface area contributed by atoms with E-state index in [9.17, 15) is 4.79 Å². The zero-order valence-corrected chi connectivity index (χ0v) is 8.87. The summed E-state index contributed by atoms with van der Waals surface area (Å²) in [5.74, 6) is 0. The lowest BCUT2D eigenvalue weighted by Gasteiger charge is -1.85. The Bertz CT molecular complexity index is 443. The molecule has 3 heteroatoms. The van der Waals surface area contributed by atoms with E-state index in [1.54, 1.807) is 25.2 Å². The second-order valence-corrected chi connectivity index (χ2v) is 2.22. The topological polar surface area (TPSA) is 45.8 Å². The van der Waals surface area contributed by atoms with Crippen molar-refractivity contribution in [1.82, 2.24) is 9.97 Å². The predicted octanol–water partition coefficient (Wildman–Crippen LogP) is 0.563. The van der Waals surface area contributed by atoms with Gasteiger partial charge < -0.3 is 4.98 Å². The number of aromatic amines is 1. The first kappa shape index (κ1) is 12.4. The highest BCUT2D eigenvalue weighted by atomic mass is 16.1. The molecule has 76 valence electrons. The normalized spacial score (nSPS) is 11.9. The summed E-state index contributed by atoms with van der Waals surface area (Å²) < 4.78 is 0. The van der Waals surface area contributed by atoms with Gasteiger partial charge in [0.25, 0.3) is 5.56 Å². The lowest BCUT2D eigenvalue weighted by atomic mass is 10.3. The van der Waals surface area contributed by atoms with Crippen molar-refractivity contribution < 1.29 is 0 Å². The van der Waals surface area contributed by atoms with Gasteiger partial charge in [-0.05, 0) is 13.0 Å². The SMILES string of the molecule is C=C/C=c1/nc[nH]c(=O)/c1=C/C.CC. The highest BCUT2D eigenvalue weighted by molar-refractivity contribution is 5.34. The van der Waals surface area contributed by atoms with Crippen LogP contribution in [-0.4, -0.2) is 9.97 Å². The predicted molar refractivity (Wildman–Crippen MR) is 60.3 cm³/mol. The van der Waals surface area contributed by atoms with Crippen LogP contribution < -0.4 is 16.1 Å². The van der Waals surface area contributed by atoms with E-state index in [1.807, 2.05) is 13.8 Å². The quantitative estimate of drug-likeness (QED) is 0.706. The Morgan fingerprint density at radius 3 is 2.64 bits per heavy atom. The Balaban J connectivity index is 0.000000791. The van der Waals surface area contributed by atoms with Crippen molar-refractivity contribution in [3.05, 3.63) is 39.9 Å². The van der Waals surface area contributed by atoms with Gasteiger partial charge in [0, 0.05) is 0 Å². The molecule has 0 saturated heterocycles. The lowest BCUT2D eigenvalue weighted by Crippen LogP contribution is -2.41. The maximum Gasteiger partial charge on any atom is 0.258 e. The summed E-state index contributed by atoms with van der Waals surface area (Å²) in [6.07, 6.45) is 6.41. The summed E-state index contributed by atoms with van der Waals surface area (Å²) in [7, 11) is 0. The smallest absolute Gasteiger partial charge is 0.258 e. The van der Waals surface area contributed by atoms with Crippen molar-refractivity contribution in [3.63, 3.8) is 0 Å². The number of hydrogen-bond acceptors (Lipinski definition) is 2. The van der Waals surface area contributed by atoms with Gasteiger partial charge in [0.1, 0.15) is 0 Å². The molecule has 0 unspecified atom stereocenters. The van der Waals surface area contributed by atoms with Crippen molar-refractivity contribution in [1.29, 1.82) is 0 Å². The number of hydrogen-bond donors (Lipinski definition) is 1. The Labute approximate surface area is 83.5 Å². The minimum absolute atomic E-state index is 0.124. The molecule has 1 heterocycles. The second-order valence-electron chi connectivity index (χ2n) is 2.22. The summed E-state index contributed by atoms with van der Waals surface area (Å²) in [4.78, 5) is 17.6. The molecule has 0 atom stereocenters. The van der Waals surface area contributed by atoms with Gasteiger partial charge in [-0.3, -0.25) is 4.79 Å². The van der Waals surface area contributed by atoms with Crippen LogP contribution in [0.1, 0.15) is 20.8 Å². The molecule has 0 aliphatic rings. The fourth-order valence-electron chi connectivity index (χ4n) is 0.947. The van der Waals surface area contributed by atoms with Crippen LogP contribution >= 0.6 is 0 Å². The molecule has 0 saturated carbocycles. The summed E-state index contributed by atoms with van der Waals surface area (Å²) in [5, 5.41) is 1.23. The van der Waals surface area contributed by atoms with Crippen molar-refractivity contribution >= 4 is 12.2 Å². The van der Waals surface area contributed by atoms with Gasteiger partial charge in [0.2, 0.25) is 0 Å². The van der Waals surface area contributed by atoms with Gasteiger partial charge in [-0.15, -0.1) is 0 Å². The molecule has 3 nitrogen and oxygen atoms in total. The van der Waals surface area contributed by atoms with Crippen LogP contribution in [0, 0.1) is 0 Å². The molecule has 0 aliphatic carbocycles. The summed E-state index contributed by atoms with van der Waals surface area (Å²) in [6, 6.07) is 0. The van der Waals surface area contributed by atoms with Crippen LogP contribution in [0.4, 0.5) is 0 Å². The summed E-state index contributed by atoms with van der Waals surface area (Å²) in [6.45, 7) is 9.34. The van der Waals surface area contributed by atoms with E-state index in [-0.39, 0.29) is 5.56 Å². The largest absolute Gasteiger partial charge is 0.313 e. The number of nitrogens with zero attached hydrogens (tertiary/aromatic N) is 1. The van der Waals surface area contributed by atoms with Gasteiger partial charge in [0.05, 0.1) is 16.9 Å². The zero-order chi connectivity index (χ0) is 11.0. The van der Waals surface area contributed by atoms with Crippen molar-refractivity contribution in [2.24, 2.45) is 0 Å². The standard InChI is InChI=1S/C9H10N2O.C2H6/c1-3-5-8-7(4-2)9(12)11-6-10-8;1-2/h3-6H,1H2,2H3,(H,10,11,12);1-2H3/b7-4+,8-5+;. The molecule has 1 aromatic rings. The highest BCUT2D eigenvalue weighted by Crippen LogP contribution is 1.60. The molecule has 0 radical (unpaired) electrons. The third kappa shape index (κ3) is 3.01. The minimum Gasteiger partial charge on any atom is -0.313 e. The van der Waals surface area contributed by atoms with Gasteiger partial charge >= 0.3 is 0 Å². The molecule has 0 bridgehead atoms. The summed E-state index contributed by atoms with van der Waals surface area (Å²) in [5.41, 5.74) is -0.124. The van der Waals surface area contributed by atoms with Gasteiger partial charge in [-0.1, -0.05) is 32.6 Å². The maximum absolute atomic E-state index is 11.2. The van der Waals surface area contributed by atoms with Gasteiger partial charge in [-0.2, -0.15) is 0 Å². The fraction of sp³-hybridized carbons (Fsp3) is 0.273. The lowest BCUT2D eigenvalue weighted by molar-refractivity contribution is 1.05. The van der Waals surface area contributed by atoms with Gasteiger partial charge in [-0.25, -0.2) is 4.98 Å². The van der Waals surface area contributed by atoms with E-state index in [0.717, 1.165) is 0 Å². The fourth-order valence-corrected chi connectivity index (χ4v) is 0.947. The number of allylic oxidation sites excluding steroid dienone is 1. The molecule has 1 aromatic heterocycles. The number of nitrogens with one attached hydrogen (secondary N) is 1. The Hall–Kier alpha value is -1.64. The van der Waals surface area contributed by atoms with Crippen LogP contribution in [0.3, 0.4) is 0 Å². The minimum atomic E-state index is -0.124. The van der Waals surface area contributed by atoms with Crippen molar-refractivity contribution in [3.8, 4) is 0 Å². The Kier molecular flexibility index (Phi) is 6.03. The first-order valence-corrected chi connectivity index (χ1v) is 4.62. The molecular formula is C11H16N2O. The van der Waals surface area contributed by atoms with Crippen LogP contribution in [-0.2, 0) is 0 Å². The highest BCUT2D eigenvalue weighted by Gasteiger charge is 1.88. The third-order valence-corrected chi connectivity index (χ3v) is 1.48. The van der Waals surface area contributed by atoms with Crippen LogP contribution in [0.25, 0.3) is 12.2 Å². The van der Waals surface area contributed by atoms with E-state index >= 15 is 0 Å². The van der Waals surface area contributed by atoms with E-state index < -0.39 is 0 Å². The zero-order valence-electron chi connectivity index (χ0n) is 8.87. The van der Waals surface area contributed by atoms with E-state index in [1.165, 1.54) is 6.33 Å². The van der Waals surface area contributed by atoms with Crippen LogP contribution in [0.5, 0.6) is 0 Å². The molecule has 0 amide bonds. The number of rotatable bonds is 1. The molecule has 0 aliphatic heterocycles. The monoisotopic (exact) mass is 192 g/mol. The van der Waals surface area contributed by atoms with E-state index in [4.69, 9.17) is 0 Å². The van der Waals surface area contributed by atoms with Crippen molar-refractivity contribution in [2.75, 3.05) is 0 Å². The first-order valence-electron chi connectivity index (χ1n) is 4.62. The Morgan fingerprint density at radius 1 is 1.50 bits per heavy atom. The first-order chi connectivity index (χ1) is 6.79. The molecule has 0 aromatic carbocycles.